The van der Waals surface area contributed by atoms with Crippen molar-refractivity contribution in [3.8, 4) is 16.9 Å². The number of carboxylic acid groups (broad SMARTS) is 1. The van der Waals surface area contributed by atoms with Gasteiger partial charge in [0.1, 0.15) is 0 Å². The Morgan fingerprint density at radius 2 is 1.82 bits per heavy atom. The van der Waals surface area contributed by atoms with Gasteiger partial charge in [0.2, 0.25) is 17.3 Å². The number of aromatic hydroxyl groups is 1. The highest BCUT2D eigenvalue weighted by Crippen LogP contribution is 2.44. The highest BCUT2D eigenvalue weighted by molar-refractivity contribution is 6.19. The van der Waals surface area contributed by atoms with E-state index in [1.54, 1.807) is 24.3 Å². The van der Waals surface area contributed by atoms with E-state index in [0.29, 0.717) is 22.7 Å². The van der Waals surface area contributed by atoms with Crippen molar-refractivity contribution in [1.82, 2.24) is 9.97 Å². The average Bonchev–Trinajstić information content (AvgIpc) is 3.61. The number of nitrogens with one attached hydrogen (secondary N) is 2. The molecule has 0 atom stereocenters. The molecule has 38 heavy (non-hydrogen) atoms. The number of carbonyl (C=O) groups excluding carboxylic acids is 1. The summed E-state index contributed by atoms with van der Waals surface area (Å²) in [6.07, 6.45) is 3.94. The number of aryl methyl sites for hydroxylation is 1. The molecule has 3 aromatic heterocycles. The van der Waals surface area contributed by atoms with Crippen molar-refractivity contribution in [2.24, 2.45) is 0 Å². The van der Waals surface area contributed by atoms with Gasteiger partial charge < -0.3 is 34.8 Å². The number of benzene rings is 2. The summed E-state index contributed by atoms with van der Waals surface area (Å²) in [5.41, 5.74) is 4.45. The molecule has 0 bridgehead atoms. The second-order valence-electron chi connectivity index (χ2n) is 9.21. The fraction of sp³-hybridized carbons (Fsp3) is 0.172. The number of rotatable bonds is 8. The third kappa shape index (κ3) is 3.98. The van der Waals surface area contributed by atoms with Gasteiger partial charge in [-0.2, -0.15) is 0 Å². The average molecular weight is 515 g/mol. The highest BCUT2D eigenvalue weighted by atomic mass is 16.4. The molecule has 3 heterocycles. The van der Waals surface area contributed by atoms with Gasteiger partial charge in [0.15, 0.2) is 5.75 Å². The molecule has 0 aliphatic rings. The predicted octanol–water partition coefficient (Wildman–Crippen LogP) is 4.83. The van der Waals surface area contributed by atoms with Gasteiger partial charge in [-0.15, -0.1) is 0 Å². The predicted molar refractivity (Wildman–Crippen MR) is 142 cm³/mol. The summed E-state index contributed by atoms with van der Waals surface area (Å²) in [5, 5.41) is 41.6. The molecule has 0 aliphatic heterocycles. The topological polar surface area (TPSA) is 160 Å². The fourth-order valence-electron chi connectivity index (χ4n) is 4.86. The lowest BCUT2D eigenvalue weighted by atomic mass is 9.97. The zero-order valence-corrected chi connectivity index (χ0v) is 20.8. The lowest BCUT2D eigenvalue weighted by Gasteiger charge is -2.06. The van der Waals surface area contributed by atoms with E-state index in [0.717, 1.165) is 22.2 Å². The SMILES string of the molecule is CC(=CCc1ccc(C)c2c(C(=O)c3oc(C(=O)O)c(-c4c(CO)[nH]c5ccccc45)c3O)c[nH]c12)CO. The van der Waals surface area contributed by atoms with E-state index in [4.69, 9.17) is 4.42 Å². The van der Waals surface area contributed by atoms with Crippen LogP contribution in [0.2, 0.25) is 0 Å². The minimum absolute atomic E-state index is 0.0517. The number of fused-ring (bicyclic) bond motifs is 2. The maximum Gasteiger partial charge on any atom is 0.372 e. The van der Waals surface area contributed by atoms with Crippen molar-refractivity contribution in [3.63, 3.8) is 0 Å². The van der Waals surface area contributed by atoms with Crippen molar-refractivity contribution in [1.29, 1.82) is 0 Å². The first kappa shape index (κ1) is 25.1. The van der Waals surface area contributed by atoms with Crippen LogP contribution in [0.1, 0.15) is 50.4 Å². The number of aromatic carboxylic acids is 1. The molecule has 2 aromatic carbocycles. The number of hydrogen-bond acceptors (Lipinski definition) is 6. The molecule has 5 rings (SSSR count). The van der Waals surface area contributed by atoms with E-state index in [9.17, 15) is 30.0 Å². The fourth-order valence-corrected chi connectivity index (χ4v) is 4.86. The number of carboxylic acids is 1. The molecule has 194 valence electrons. The van der Waals surface area contributed by atoms with Gasteiger partial charge in [-0.3, -0.25) is 4.79 Å². The van der Waals surface area contributed by atoms with Gasteiger partial charge in [0, 0.05) is 39.3 Å². The van der Waals surface area contributed by atoms with Gasteiger partial charge in [-0.25, -0.2) is 4.79 Å². The Morgan fingerprint density at radius 1 is 1.05 bits per heavy atom. The highest BCUT2D eigenvalue weighted by Gasteiger charge is 2.33. The van der Waals surface area contributed by atoms with Crippen molar-refractivity contribution >= 4 is 33.6 Å². The molecule has 5 aromatic rings. The van der Waals surface area contributed by atoms with Crippen LogP contribution in [-0.4, -0.2) is 48.8 Å². The van der Waals surface area contributed by atoms with E-state index in [1.807, 2.05) is 32.1 Å². The molecule has 0 aliphatic carbocycles. The van der Waals surface area contributed by atoms with E-state index in [-0.39, 0.29) is 29.0 Å². The number of aliphatic hydroxyl groups is 2. The van der Waals surface area contributed by atoms with Gasteiger partial charge in [0.25, 0.3) is 0 Å². The van der Waals surface area contributed by atoms with E-state index in [1.165, 1.54) is 6.20 Å². The number of H-pyrrole nitrogens is 2. The standard InChI is InChI=1S/C29H26N2O7/c1-14(12-32)7-9-16-10-8-15(2)21-18(11-30-24(16)21)25(34)28-26(35)23(27(38-28)29(36)37)22-17-5-3-4-6-19(17)31-20(22)13-33/h3-8,10-11,30-33,35H,9,12-13H2,1-2H3,(H,36,37). The van der Waals surface area contributed by atoms with Crippen LogP contribution < -0.4 is 0 Å². The van der Waals surface area contributed by atoms with Crippen LogP contribution in [0.25, 0.3) is 32.9 Å². The number of hydrogen-bond donors (Lipinski definition) is 6. The van der Waals surface area contributed by atoms with Crippen LogP contribution >= 0.6 is 0 Å². The summed E-state index contributed by atoms with van der Waals surface area (Å²) < 4.78 is 5.53. The third-order valence-electron chi connectivity index (χ3n) is 6.77. The summed E-state index contributed by atoms with van der Waals surface area (Å²) in [5.74, 6) is -3.88. The van der Waals surface area contributed by atoms with E-state index >= 15 is 0 Å². The summed E-state index contributed by atoms with van der Waals surface area (Å²) >= 11 is 0. The van der Waals surface area contributed by atoms with Crippen LogP contribution in [0.15, 0.2) is 58.7 Å². The first-order chi connectivity index (χ1) is 18.3. The molecule has 9 heteroatoms. The minimum Gasteiger partial charge on any atom is -0.504 e. The molecular weight excluding hydrogens is 488 g/mol. The molecule has 0 spiro atoms. The van der Waals surface area contributed by atoms with E-state index < -0.39 is 35.6 Å². The molecule has 0 saturated heterocycles. The van der Waals surface area contributed by atoms with Gasteiger partial charge in [-0.1, -0.05) is 42.0 Å². The van der Waals surface area contributed by atoms with Crippen LogP contribution in [0.3, 0.4) is 0 Å². The zero-order chi connectivity index (χ0) is 27.1. The number of aromatic amines is 2. The van der Waals surface area contributed by atoms with E-state index in [2.05, 4.69) is 9.97 Å². The first-order valence-corrected chi connectivity index (χ1v) is 12.0. The van der Waals surface area contributed by atoms with Crippen LogP contribution in [0.4, 0.5) is 0 Å². The van der Waals surface area contributed by atoms with Crippen molar-refractivity contribution in [3.05, 3.63) is 88.1 Å². The normalized spacial score (nSPS) is 12.1. The Bertz CT molecular complexity index is 1750. The number of para-hydroxylation sites is 1. The zero-order valence-electron chi connectivity index (χ0n) is 20.8. The Hall–Kier alpha value is -4.60. The Labute approximate surface area is 216 Å². The molecule has 0 fully saturated rings. The van der Waals surface area contributed by atoms with Gasteiger partial charge >= 0.3 is 5.97 Å². The first-order valence-electron chi connectivity index (χ1n) is 12.0. The molecule has 0 radical (unpaired) electrons. The summed E-state index contributed by atoms with van der Waals surface area (Å²) in [6, 6.07) is 10.8. The lowest BCUT2D eigenvalue weighted by Crippen LogP contribution is -2.00. The number of aromatic nitrogens is 2. The third-order valence-corrected chi connectivity index (χ3v) is 6.77. The van der Waals surface area contributed by atoms with Crippen molar-refractivity contribution in [2.45, 2.75) is 26.9 Å². The van der Waals surface area contributed by atoms with Crippen LogP contribution in [0, 0.1) is 6.92 Å². The number of allylic oxidation sites excluding steroid dienone is 1. The molecule has 6 N–H and O–H groups in total. The lowest BCUT2D eigenvalue weighted by molar-refractivity contribution is 0.0661. The van der Waals surface area contributed by atoms with Crippen molar-refractivity contribution < 1.29 is 34.4 Å². The Kier molecular flexibility index (Phi) is 6.40. The smallest absolute Gasteiger partial charge is 0.372 e. The van der Waals surface area contributed by atoms with Crippen molar-refractivity contribution in [2.75, 3.05) is 6.61 Å². The number of furan rings is 1. The molecule has 0 unspecified atom stereocenters. The Morgan fingerprint density at radius 3 is 2.53 bits per heavy atom. The maximum atomic E-state index is 13.7. The van der Waals surface area contributed by atoms with Gasteiger partial charge in [-0.05, 0) is 37.5 Å². The second kappa shape index (κ2) is 9.70. The summed E-state index contributed by atoms with van der Waals surface area (Å²) in [7, 11) is 0. The molecule has 0 amide bonds. The monoisotopic (exact) mass is 514 g/mol. The van der Waals surface area contributed by atoms with Crippen LogP contribution in [-0.2, 0) is 13.0 Å². The number of aliphatic hydroxyl groups excluding tert-OH is 2. The van der Waals surface area contributed by atoms with Crippen LogP contribution in [0.5, 0.6) is 5.75 Å². The molecule has 9 nitrogen and oxygen atoms in total. The summed E-state index contributed by atoms with van der Waals surface area (Å²) in [4.78, 5) is 32.1. The molecular formula is C29H26N2O7. The largest absolute Gasteiger partial charge is 0.504 e. The molecule has 0 saturated carbocycles. The Balaban J connectivity index is 1.68. The maximum absolute atomic E-state index is 13.7. The van der Waals surface area contributed by atoms with Gasteiger partial charge in [0.05, 0.1) is 24.3 Å². The second-order valence-corrected chi connectivity index (χ2v) is 9.21. The summed E-state index contributed by atoms with van der Waals surface area (Å²) in [6.45, 7) is 3.17. The minimum atomic E-state index is -1.47. The quantitative estimate of drug-likeness (QED) is 0.128. The number of ketones is 1. The number of carbonyl (C=O) groups is 2.